The summed E-state index contributed by atoms with van der Waals surface area (Å²) in [6.45, 7) is 6.13. The topological polar surface area (TPSA) is 138 Å². The minimum absolute atomic E-state index is 0.344. The number of allylic oxidation sites excluding steroid dienone is 2. The highest BCUT2D eigenvalue weighted by molar-refractivity contribution is 5.86. The summed E-state index contributed by atoms with van der Waals surface area (Å²) in [6.07, 6.45) is 9.70. The first-order valence-corrected chi connectivity index (χ1v) is 16.0. The molecular weight excluding hydrogens is 611 g/mol. The number of hydrazine groups is 1. The number of pyridine rings is 1. The number of aromatic nitrogens is 5. The number of nitriles is 1. The van der Waals surface area contributed by atoms with Gasteiger partial charge in [-0.25, -0.2) is 14.1 Å². The van der Waals surface area contributed by atoms with Gasteiger partial charge in [0.05, 0.1) is 30.2 Å². The second kappa shape index (κ2) is 13.7. The van der Waals surface area contributed by atoms with Gasteiger partial charge in [0, 0.05) is 31.1 Å². The van der Waals surface area contributed by atoms with Crippen LogP contribution >= 0.6 is 0 Å². The Morgan fingerprint density at radius 2 is 2.00 bits per heavy atom. The largest absolute Gasteiger partial charge is 0.483 e. The number of ether oxygens (including phenoxy) is 1. The number of amides is 1. The Morgan fingerprint density at radius 3 is 2.71 bits per heavy atom. The van der Waals surface area contributed by atoms with E-state index in [-0.39, 0.29) is 5.91 Å². The van der Waals surface area contributed by atoms with E-state index >= 15 is 0 Å². The number of aryl methyl sites for hydroxylation is 1. The van der Waals surface area contributed by atoms with E-state index < -0.39 is 29.4 Å². The van der Waals surface area contributed by atoms with Gasteiger partial charge in [-0.3, -0.25) is 24.9 Å². The van der Waals surface area contributed by atoms with E-state index in [9.17, 15) is 14.4 Å². The van der Waals surface area contributed by atoms with Gasteiger partial charge in [-0.2, -0.15) is 10.4 Å². The molecule has 4 heterocycles. The maximum absolute atomic E-state index is 14.2. The van der Waals surface area contributed by atoms with Crippen LogP contribution in [0.25, 0.3) is 5.82 Å². The number of hydrogen-bond acceptors (Lipinski definition) is 9. The molecule has 1 fully saturated rings. The van der Waals surface area contributed by atoms with Crippen molar-refractivity contribution in [3.8, 4) is 17.6 Å². The third-order valence-electron chi connectivity index (χ3n) is 9.27. The number of nitrogens with zero attached hydrogens (tertiary/aromatic N) is 8. The van der Waals surface area contributed by atoms with E-state index in [0.717, 1.165) is 41.6 Å². The number of halogens is 1. The van der Waals surface area contributed by atoms with Crippen molar-refractivity contribution in [3.05, 3.63) is 95.5 Å². The Balaban J connectivity index is 1.23. The summed E-state index contributed by atoms with van der Waals surface area (Å²) in [5.74, 6) is 0.351. The van der Waals surface area contributed by atoms with Crippen LogP contribution in [0.15, 0.2) is 77.8 Å². The zero-order valence-electron chi connectivity index (χ0n) is 27.5. The molecule has 6 rings (SSSR count). The summed E-state index contributed by atoms with van der Waals surface area (Å²) in [7, 11) is 1.86. The van der Waals surface area contributed by atoms with Crippen LogP contribution in [0.5, 0.6) is 5.75 Å². The smallest absolute Gasteiger partial charge is 0.241 e. The SMILES string of the molecule is CC1=CC=NC(C2CCCCC2(C#N)C(=O)NC(C)c2ccc(-n3cc(F)cn3)nc2)N1Nc1nn(C)c(C)c1OCc1ccccc1. The highest BCUT2D eigenvalue weighted by Crippen LogP contribution is 2.46. The number of nitrogens with one attached hydrogen (secondary N) is 2. The fourth-order valence-corrected chi connectivity index (χ4v) is 6.41. The first kappa shape index (κ1) is 32.4. The van der Waals surface area contributed by atoms with Crippen LogP contribution in [0.2, 0.25) is 0 Å². The fourth-order valence-electron chi connectivity index (χ4n) is 6.41. The van der Waals surface area contributed by atoms with Crippen molar-refractivity contribution < 1.29 is 13.9 Å². The van der Waals surface area contributed by atoms with Gasteiger partial charge < -0.3 is 10.1 Å². The molecular formula is C35H39FN10O2. The summed E-state index contributed by atoms with van der Waals surface area (Å²) < 4.78 is 22.8. The Bertz CT molecular complexity index is 1860. The van der Waals surface area contributed by atoms with Gasteiger partial charge in [0.25, 0.3) is 0 Å². The maximum Gasteiger partial charge on any atom is 0.241 e. The van der Waals surface area contributed by atoms with Gasteiger partial charge in [-0.1, -0.05) is 49.2 Å². The summed E-state index contributed by atoms with van der Waals surface area (Å²) >= 11 is 0. The van der Waals surface area contributed by atoms with Crippen molar-refractivity contribution in [2.24, 2.45) is 23.4 Å². The predicted molar refractivity (Wildman–Crippen MR) is 178 cm³/mol. The molecule has 4 atom stereocenters. The molecule has 1 saturated carbocycles. The van der Waals surface area contributed by atoms with Gasteiger partial charge in [-0.05, 0) is 56.9 Å². The van der Waals surface area contributed by atoms with Crippen LogP contribution in [-0.2, 0) is 18.4 Å². The molecule has 248 valence electrons. The third-order valence-corrected chi connectivity index (χ3v) is 9.27. The molecule has 3 aromatic heterocycles. The molecule has 0 bridgehead atoms. The Hall–Kier alpha value is -5.51. The lowest BCUT2D eigenvalue weighted by Gasteiger charge is -2.45. The Kier molecular flexibility index (Phi) is 9.25. The van der Waals surface area contributed by atoms with Crippen LogP contribution in [0, 0.1) is 35.4 Å². The molecule has 1 aromatic carbocycles. The van der Waals surface area contributed by atoms with Crippen molar-refractivity contribution in [1.82, 2.24) is 34.9 Å². The number of hydrogen-bond donors (Lipinski definition) is 2. The van der Waals surface area contributed by atoms with Crippen LogP contribution in [0.3, 0.4) is 0 Å². The van der Waals surface area contributed by atoms with Crippen molar-refractivity contribution in [2.45, 2.75) is 65.3 Å². The Morgan fingerprint density at radius 1 is 1.19 bits per heavy atom. The second-order valence-electron chi connectivity index (χ2n) is 12.3. The quantitative estimate of drug-likeness (QED) is 0.228. The van der Waals surface area contributed by atoms with Crippen molar-refractivity contribution in [3.63, 3.8) is 0 Å². The molecule has 1 aliphatic heterocycles. The van der Waals surface area contributed by atoms with Crippen LogP contribution in [0.4, 0.5) is 10.2 Å². The lowest BCUT2D eigenvalue weighted by Crippen LogP contribution is -2.55. The zero-order chi connectivity index (χ0) is 33.8. The first-order valence-electron chi connectivity index (χ1n) is 16.0. The van der Waals surface area contributed by atoms with Gasteiger partial charge in [0.2, 0.25) is 11.7 Å². The molecule has 1 aliphatic carbocycles. The fraction of sp³-hybridized carbons (Fsp3) is 0.371. The molecule has 48 heavy (non-hydrogen) atoms. The number of benzene rings is 1. The van der Waals surface area contributed by atoms with Crippen molar-refractivity contribution in [2.75, 3.05) is 5.43 Å². The summed E-state index contributed by atoms with van der Waals surface area (Å²) in [6, 6.07) is 15.5. The van der Waals surface area contributed by atoms with Gasteiger partial charge in [0.15, 0.2) is 17.4 Å². The predicted octanol–water partition coefficient (Wildman–Crippen LogP) is 5.55. The average molecular weight is 651 g/mol. The molecule has 0 radical (unpaired) electrons. The monoisotopic (exact) mass is 650 g/mol. The van der Waals surface area contributed by atoms with Crippen molar-refractivity contribution in [1.29, 1.82) is 5.26 Å². The standard InChI is InChI=1S/C35H39FN10O2/c1-23-15-17-38-33(46(23)43-32-31(25(3)44(4)42-32)48-21-26-10-6-5-7-11-26)29-12-8-9-16-35(29,22-37)34(47)41-24(2)27-13-14-30(39-18-27)45-20-28(36)19-40-45/h5-7,10-11,13-15,17-20,24,29,33H,8-9,12,16,21H2,1-4H3,(H,41,47)(H,42,43). The van der Waals surface area contributed by atoms with Gasteiger partial charge in [-0.15, -0.1) is 5.10 Å². The van der Waals surface area contributed by atoms with Crippen LogP contribution in [-0.4, -0.2) is 47.8 Å². The summed E-state index contributed by atoms with van der Waals surface area (Å²) in [5.41, 5.74) is 5.60. The normalized spacial score (nSPS) is 21.2. The first-order chi connectivity index (χ1) is 23.2. The second-order valence-corrected chi connectivity index (χ2v) is 12.3. The molecule has 4 unspecified atom stereocenters. The molecule has 0 saturated heterocycles. The van der Waals surface area contributed by atoms with E-state index in [0.29, 0.717) is 36.8 Å². The molecule has 0 spiro atoms. The average Bonchev–Trinajstić information content (AvgIpc) is 3.66. The lowest BCUT2D eigenvalue weighted by molar-refractivity contribution is -0.134. The number of rotatable bonds is 10. The highest BCUT2D eigenvalue weighted by Gasteiger charge is 2.53. The summed E-state index contributed by atoms with van der Waals surface area (Å²) in [5, 5.41) is 24.4. The minimum Gasteiger partial charge on any atom is -0.483 e. The third kappa shape index (κ3) is 6.38. The number of anilines is 1. The number of carbonyl (C=O) groups excluding carboxylic acids is 1. The van der Waals surface area contributed by atoms with E-state index in [1.54, 1.807) is 23.2 Å². The number of aliphatic imine (C=N–C) groups is 1. The zero-order valence-corrected chi connectivity index (χ0v) is 27.5. The molecule has 13 heteroatoms. The summed E-state index contributed by atoms with van der Waals surface area (Å²) in [4.78, 5) is 23.4. The van der Waals surface area contributed by atoms with Crippen LogP contribution < -0.4 is 15.5 Å². The maximum atomic E-state index is 14.2. The molecule has 12 nitrogen and oxygen atoms in total. The van der Waals surface area contributed by atoms with E-state index in [1.165, 1.54) is 10.9 Å². The van der Waals surface area contributed by atoms with Crippen LogP contribution in [0.1, 0.15) is 62.4 Å². The lowest BCUT2D eigenvalue weighted by atomic mass is 9.64. The molecule has 2 aliphatic rings. The van der Waals surface area contributed by atoms with E-state index in [4.69, 9.17) is 14.8 Å². The Labute approximate surface area is 278 Å². The van der Waals surface area contributed by atoms with Crippen molar-refractivity contribution >= 4 is 17.9 Å². The molecule has 2 N–H and O–H groups in total. The van der Waals surface area contributed by atoms with Gasteiger partial charge in [0.1, 0.15) is 18.2 Å². The van der Waals surface area contributed by atoms with Gasteiger partial charge >= 0.3 is 0 Å². The van der Waals surface area contributed by atoms with E-state index in [2.05, 4.69) is 26.9 Å². The minimum atomic E-state index is -1.33. The molecule has 4 aromatic rings. The molecule has 1 amide bonds. The number of carbonyl (C=O) groups is 1. The van der Waals surface area contributed by atoms with E-state index in [1.807, 2.05) is 75.3 Å². The highest BCUT2D eigenvalue weighted by atomic mass is 19.1.